The van der Waals surface area contributed by atoms with E-state index in [4.69, 9.17) is 9.72 Å². The monoisotopic (exact) mass is 244 g/mol. The van der Waals surface area contributed by atoms with Gasteiger partial charge in [-0.15, -0.1) is 0 Å². The van der Waals surface area contributed by atoms with Crippen molar-refractivity contribution >= 4 is 16.7 Å². The zero-order valence-corrected chi connectivity index (χ0v) is 11.3. The van der Waals surface area contributed by atoms with Gasteiger partial charge in [0.2, 0.25) is 0 Å². The molecule has 0 saturated heterocycles. The Bertz CT molecular complexity index is 537. The summed E-state index contributed by atoms with van der Waals surface area (Å²) < 4.78 is 5.26. The summed E-state index contributed by atoms with van der Waals surface area (Å²) in [4.78, 5) is 4.69. The molecule has 1 aromatic heterocycles. The van der Waals surface area contributed by atoms with Crippen molar-refractivity contribution in [3.05, 3.63) is 29.8 Å². The van der Waals surface area contributed by atoms with E-state index in [0.29, 0.717) is 0 Å². The van der Waals surface area contributed by atoms with Gasteiger partial charge in [0, 0.05) is 11.9 Å². The second-order valence-electron chi connectivity index (χ2n) is 4.34. The SMILES string of the molecule is CCCc1cc2cc(OC)ccc2nc1NCC. The lowest BCUT2D eigenvalue weighted by molar-refractivity contribution is 0.415. The quantitative estimate of drug-likeness (QED) is 0.872. The van der Waals surface area contributed by atoms with Crippen LogP contribution >= 0.6 is 0 Å². The topological polar surface area (TPSA) is 34.1 Å². The van der Waals surface area contributed by atoms with E-state index in [-0.39, 0.29) is 0 Å². The lowest BCUT2D eigenvalue weighted by Crippen LogP contribution is -2.03. The minimum atomic E-state index is 0.878. The van der Waals surface area contributed by atoms with E-state index in [2.05, 4.69) is 25.2 Å². The van der Waals surface area contributed by atoms with Crippen LogP contribution in [0.15, 0.2) is 24.3 Å². The Morgan fingerprint density at radius 3 is 2.72 bits per heavy atom. The van der Waals surface area contributed by atoms with Gasteiger partial charge in [0.05, 0.1) is 12.6 Å². The highest BCUT2D eigenvalue weighted by Gasteiger charge is 2.06. The molecule has 0 aliphatic rings. The van der Waals surface area contributed by atoms with Crippen LogP contribution in [0.2, 0.25) is 0 Å². The van der Waals surface area contributed by atoms with E-state index in [1.54, 1.807) is 7.11 Å². The Kier molecular flexibility index (Phi) is 4.03. The first kappa shape index (κ1) is 12.7. The summed E-state index contributed by atoms with van der Waals surface area (Å²) in [7, 11) is 1.69. The summed E-state index contributed by atoms with van der Waals surface area (Å²) in [6.45, 7) is 5.17. The van der Waals surface area contributed by atoms with E-state index >= 15 is 0 Å². The molecule has 0 saturated carbocycles. The molecule has 3 nitrogen and oxygen atoms in total. The standard InChI is InChI=1S/C15H20N2O/c1-4-6-11-9-12-10-13(18-3)7-8-14(12)17-15(11)16-5-2/h7-10H,4-6H2,1-3H3,(H,16,17). The summed E-state index contributed by atoms with van der Waals surface area (Å²) in [6.07, 6.45) is 2.16. The van der Waals surface area contributed by atoms with E-state index in [1.807, 2.05) is 18.2 Å². The lowest BCUT2D eigenvalue weighted by atomic mass is 10.1. The molecule has 96 valence electrons. The summed E-state index contributed by atoms with van der Waals surface area (Å²) >= 11 is 0. The first-order valence-corrected chi connectivity index (χ1v) is 6.50. The van der Waals surface area contributed by atoms with Gasteiger partial charge >= 0.3 is 0 Å². The van der Waals surface area contributed by atoms with Gasteiger partial charge in [-0.1, -0.05) is 13.3 Å². The lowest BCUT2D eigenvalue weighted by Gasteiger charge is -2.11. The third-order valence-corrected chi connectivity index (χ3v) is 2.96. The number of anilines is 1. The molecule has 3 heteroatoms. The number of methoxy groups -OCH3 is 1. The van der Waals surface area contributed by atoms with Crippen LogP contribution in [0, 0.1) is 0 Å². The second kappa shape index (κ2) is 5.71. The van der Waals surface area contributed by atoms with Crippen LogP contribution in [0.5, 0.6) is 5.75 Å². The molecule has 1 aromatic carbocycles. The van der Waals surface area contributed by atoms with Gasteiger partial charge in [-0.2, -0.15) is 0 Å². The van der Waals surface area contributed by atoms with E-state index in [1.165, 1.54) is 5.56 Å². The average Bonchev–Trinajstić information content (AvgIpc) is 2.39. The van der Waals surface area contributed by atoms with Crippen molar-refractivity contribution in [2.24, 2.45) is 0 Å². The molecule has 0 spiro atoms. The van der Waals surface area contributed by atoms with Gasteiger partial charge in [0.15, 0.2) is 0 Å². The molecule has 1 heterocycles. The molecular formula is C15H20N2O. The van der Waals surface area contributed by atoms with Crippen molar-refractivity contribution in [3.8, 4) is 5.75 Å². The number of hydrogen-bond acceptors (Lipinski definition) is 3. The van der Waals surface area contributed by atoms with Crippen molar-refractivity contribution < 1.29 is 4.74 Å². The van der Waals surface area contributed by atoms with Crippen molar-refractivity contribution in [3.63, 3.8) is 0 Å². The van der Waals surface area contributed by atoms with Crippen molar-refractivity contribution in [2.45, 2.75) is 26.7 Å². The molecule has 0 atom stereocenters. The molecule has 2 rings (SSSR count). The third-order valence-electron chi connectivity index (χ3n) is 2.96. The minimum absolute atomic E-state index is 0.878. The molecule has 0 bridgehead atoms. The van der Waals surface area contributed by atoms with Gasteiger partial charge in [0.25, 0.3) is 0 Å². The van der Waals surface area contributed by atoms with Crippen LogP contribution in [0.3, 0.4) is 0 Å². The van der Waals surface area contributed by atoms with Crippen LogP contribution in [0.4, 0.5) is 5.82 Å². The summed E-state index contributed by atoms with van der Waals surface area (Å²) in [5.74, 6) is 1.89. The number of hydrogen-bond donors (Lipinski definition) is 1. The molecule has 2 aromatic rings. The van der Waals surface area contributed by atoms with Gasteiger partial charge < -0.3 is 10.1 Å². The normalized spacial score (nSPS) is 10.6. The molecule has 0 radical (unpaired) electrons. The van der Waals surface area contributed by atoms with Crippen molar-refractivity contribution in [1.29, 1.82) is 0 Å². The Hall–Kier alpha value is -1.77. The van der Waals surface area contributed by atoms with Gasteiger partial charge in [-0.05, 0) is 43.2 Å². The number of fused-ring (bicyclic) bond motifs is 1. The fourth-order valence-corrected chi connectivity index (χ4v) is 2.11. The maximum absolute atomic E-state index is 5.26. The molecular weight excluding hydrogens is 224 g/mol. The largest absolute Gasteiger partial charge is 0.497 e. The molecule has 0 unspecified atom stereocenters. The number of pyridine rings is 1. The summed E-state index contributed by atoms with van der Waals surface area (Å²) in [6, 6.07) is 8.21. The number of nitrogens with one attached hydrogen (secondary N) is 1. The average molecular weight is 244 g/mol. The number of aryl methyl sites for hydroxylation is 1. The van der Waals surface area contributed by atoms with Crippen LogP contribution in [0.1, 0.15) is 25.8 Å². The molecule has 0 amide bonds. The third kappa shape index (κ3) is 2.55. The molecule has 0 fully saturated rings. The Morgan fingerprint density at radius 1 is 1.22 bits per heavy atom. The molecule has 0 aliphatic carbocycles. The number of rotatable bonds is 5. The summed E-state index contributed by atoms with van der Waals surface area (Å²) in [5, 5.41) is 4.48. The fourth-order valence-electron chi connectivity index (χ4n) is 2.11. The Labute approximate surface area is 108 Å². The predicted octanol–water partition coefficient (Wildman–Crippen LogP) is 3.63. The smallest absolute Gasteiger partial charge is 0.129 e. The van der Waals surface area contributed by atoms with Gasteiger partial charge in [-0.3, -0.25) is 0 Å². The van der Waals surface area contributed by atoms with E-state index in [0.717, 1.165) is 41.9 Å². The van der Waals surface area contributed by atoms with Crippen molar-refractivity contribution in [1.82, 2.24) is 4.98 Å². The predicted molar refractivity (Wildman–Crippen MR) is 76.5 cm³/mol. The molecule has 0 aliphatic heterocycles. The van der Waals surface area contributed by atoms with Crippen LogP contribution in [-0.2, 0) is 6.42 Å². The second-order valence-corrected chi connectivity index (χ2v) is 4.34. The van der Waals surface area contributed by atoms with Gasteiger partial charge in [0.1, 0.15) is 11.6 Å². The number of ether oxygens (including phenoxy) is 1. The van der Waals surface area contributed by atoms with E-state index < -0.39 is 0 Å². The summed E-state index contributed by atoms with van der Waals surface area (Å²) in [5.41, 5.74) is 2.28. The zero-order valence-electron chi connectivity index (χ0n) is 11.3. The first-order chi connectivity index (χ1) is 8.78. The van der Waals surface area contributed by atoms with Crippen LogP contribution < -0.4 is 10.1 Å². The van der Waals surface area contributed by atoms with E-state index in [9.17, 15) is 0 Å². The zero-order chi connectivity index (χ0) is 13.0. The Balaban J connectivity index is 2.52. The first-order valence-electron chi connectivity index (χ1n) is 6.50. The number of nitrogens with zero attached hydrogens (tertiary/aromatic N) is 1. The minimum Gasteiger partial charge on any atom is -0.497 e. The molecule has 18 heavy (non-hydrogen) atoms. The van der Waals surface area contributed by atoms with Crippen LogP contribution in [-0.4, -0.2) is 18.6 Å². The molecule has 1 N–H and O–H groups in total. The van der Waals surface area contributed by atoms with Gasteiger partial charge in [-0.25, -0.2) is 4.98 Å². The maximum Gasteiger partial charge on any atom is 0.129 e. The highest BCUT2D eigenvalue weighted by Crippen LogP contribution is 2.25. The highest BCUT2D eigenvalue weighted by atomic mass is 16.5. The number of benzene rings is 1. The number of aromatic nitrogens is 1. The van der Waals surface area contributed by atoms with Crippen molar-refractivity contribution in [2.75, 3.05) is 19.0 Å². The fraction of sp³-hybridized carbons (Fsp3) is 0.400. The van der Waals surface area contributed by atoms with Crippen LogP contribution in [0.25, 0.3) is 10.9 Å². The maximum atomic E-state index is 5.26. The highest BCUT2D eigenvalue weighted by molar-refractivity contribution is 5.83. The Morgan fingerprint density at radius 2 is 2.06 bits per heavy atom.